The van der Waals surface area contributed by atoms with Gasteiger partial charge in [-0.3, -0.25) is 0 Å². The maximum atomic E-state index is 6.47. The van der Waals surface area contributed by atoms with Crippen molar-refractivity contribution in [3.63, 3.8) is 0 Å². The molecule has 3 rings (SSSR count). The zero-order valence-corrected chi connectivity index (χ0v) is 18.5. The highest BCUT2D eigenvalue weighted by Gasteiger charge is 2.39. The highest BCUT2D eigenvalue weighted by molar-refractivity contribution is 6.35. The molecule has 0 spiro atoms. The number of anilines is 1. The Hall–Kier alpha value is -2.16. The predicted molar refractivity (Wildman–Crippen MR) is 127 cm³/mol. The zero-order chi connectivity index (χ0) is 21.0. The van der Waals surface area contributed by atoms with E-state index in [1.54, 1.807) is 6.07 Å². The van der Waals surface area contributed by atoms with Crippen LogP contribution in [0.15, 0.2) is 80.2 Å². The largest absolute Gasteiger partial charge is 0.353 e. The molecule has 1 aliphatic heterocycles. The van der Waals surface area contributed by atoms with Gasteiger partial charge in [-0.25, -0.2) is 0 Å². The molecular weight excluding hydrogens is 399 g/mol. The van der Waals surface area contributed by atoms with Crippen molar-refractivity contribution in [3.05, 3.63) is 101 Å². The zero-order valence-electron chi connectivity index (χ0n) is 17.0. The molecule has 0 atom stereocenters. The SMILES string of the molecule is C=CCC1(CC=C)CN(Cc2ccc(Cl)cc2Cl)C(=C)N(c2ccc(C)cc2)C1. The number of nitrogens with zero attached hydrogens (tertiary/aromatic N) is 2. The number of halogens is 2. The number of rotatable bonds is 7. The molecule has 0 N–H and O–H groups in total. The highest BCUT2D eigenvalue weighted by Crippen LogP contribution is 2.40. The quantitative estimate of drug-likeness (QED) is 0.430. The van der Waals surface area contributed by atoms with Crippen LogP contribution in [0.4, 0.5) is 5.69 Å². The van der Waals surface area contributed by atoms with E-state index in [-0.39, 0.29) is 5.41 Å². The Labute approximate surface area is 184 Å². The number of benzene rings is 2. The van der Waals surface area contributed by atoms with Gasteiger partial charge in [-0.1, -0.05) is 65.7 Å². The summed E-state index contributed by atoms with van der Waals surface area (Å²) in [5.41, 5.74) is 3.43. The minimum absolute atomic E-state index is 0.00841. The fourth-order valence-corrected chi connectivity index (χ4v) is 4.53. The summed E-state index contributed by atoms with van der Waals surface area (Å²) in [4.78, 5) is 4.62. The Morgan fingerprint density at radius 1 is 1.00 bits per heavy atom. The molecule has 4 heteroatoms. The molecule has 2 nitrogen and oxygen atoms in total. The second-order valence-electron chi connectivity index (χ2n) is 7.92. The Kier molecular flexibility index (Phi) is 6.77. The molecule has 152 valence electrons. The molecule has 29 heavy (non-hydrogen) atoms. The third-order valence-corrected chi connectivity index (χ3v) is 6.16. The van der Waals surface area contributed by atoms with Crippen LogP contribution in [0.3, 0.4) is 0 Å². The van der Waals surface area contributed by atoms with Gasteiger partial charge in [0.2, 0.25) is 0 Å². The van der Waals surface area contributed by atoms with Crippen LogP contribution < -0.4 is 4.90 Å². The topological polar surface area (TPSA) is 6.48 Å². The van der Waals surface area contributed by atoms with Gasteiger partial charge in [-0.05, 0) is 49.6 Å². The minimum Gasteiger partial charge on any atom is -0.353 e. The van der Waals surface area contributed by atoms with Gasteiger partial charge in [0.15, 0.2) is 0 Å². The number of allylic oxidation sites excluding steroid dienone is 2. The molecule has 0 saturated carbocycles. The Morgan fingerprint density at radius 2 is 1.66 bits per heavy atom. The molecule has 0 aromatic heterocycles. The highest BCUT2D eigenvalue weighted by atomic mass is 35.5. The molecule has 2 aromatic rings. The third-order valence-electron chi connectivity index (χ3n) is 5.57. The van der Waals surface area contributed by atoms with Gasteiger partial charge in [0.1, 0.15) is 5.82 Å². The molecule has 2 aromatic carbocycles. The van der Waals surface area contributed by atoms with E-state index in [0.717, 1.165) is 43.0 Å². The monoisotopic (exact) mass is 426 g/mol. The van der Waals surface area contributed by atoms with Crippen LogP contribution in [0.1, 0.15) is 24.0 Å². The summed E-state index contributed by atoms with van der Waals surface area (Å²) in [5, 5.41) is 1.32. The number of aryl methyl sites for hydroxylation is 1. The Bertz CT molecular complexity index is 892. The molecular formula is C25H28Cl2N2. The molecule has 1 aliphatic rings. The van der Waals surface area contributed by atoms with Crippen molar-refractivity contribution in [1.29, 1.82) is 0 Å². The van der Waals surface area contributed by atoms with E-state index in [1.807, 2.05) is 24.3 Å². The van der Waals surface area contributed by atoms with Crippen LogP contribution in [0, 0.1) is 12.3 Å². The van der Waals surface area contributed by atoms with Crippen LogP contribution >= 0.6 is 23.2 Å². The van der Waals surface area contributed by atoms with Crippen LogP contribution in [-0.4, -0.2) is 18.0 Å². The molecule has 0 bridgehead atoms. The van der Waals surface area contributed by atoms with E-state index >= 15 is 0 Å². The number of hydrogen-bond donors (Lipinski definition) is 0. The fourth-order valence-electron chi connectivity index (χ4n) is 4.07. The van der Waals surface area contributed by atoms with Crippen molar-refractivity contribution < 1.29 is 0 Å². The summed E-state index contributed by atoms with van der Waals surface area (Å²) in [6.45, 7) is 17.0. The second-order valence-corrected chi connectivity index (χ2v) is 8.76. The van der Waals surface area contributed by atoms with E-state index in [0.29, 0.717) is 16.6 Å². The van der Waals surface area contributed by atoms with E-state index < -0.39 is 0 Å². The first-order chi connectivity index (χ1) is 13.9. The normalized spacial score (nSPS) is 16.0. The molecule has 0 radical (unpaired) electrons. The maximum Gasteiger partial charge on any atom is 0.101 e. The maximum absolute atomic E-state index is 6.47. The molecule has 0 unspecified atom stereocenters. The van der Waals surface area contributed by atoms with Gasteiger partial charge >= 0.3 is 0 Å². The van der Waals surface area contributed by atoms with Crippen molar-refractivity contribution in [2.75, 3.05) is 18.0 Å². The summed E-state index contributed by atoms with van der Waals surface area (Å²) in [5.74, 6) is 0.976. The predicted octanol–water partition coefficient (Wildman–Crippen LogP) is 7.23. The van der Waals surface area contributed by atoms with Gasteiger partial charge in [-0.15, -0.1) is 13.2 Å². The molecule has 0 amide bonds. The molecule has 1 heterocycles. The van der Waals surface area contributed by atoms with Gasteiger partial charge in [0.05, 0.1) is 0 Å². The third kappa shape index (κ3) is 4.88. The first-order valence-corrected chi connectivity index (χ1v) is 10.6. The summed E-state index contributed by atoms with van der Waals surface area (Å²) >= 11 is 12.6. The van der Waals surface area contributed by atoms with Gasteiger partial charge in [-0.2, -0.15) is 0 Å². The lowest BCUT2D eigenvalue weighted by molar-refractivity contribution is 0.145. The minimum atomic E-state index is 0.00841. The van der Waals surface area contributed by atoms with Gasteiger partial charge < -0.3 is 9.80 Å². The molecule has 1 saturated heterocycles. The fraction of sp³-hybridized carbons (Fsp3) is 0.280. The van der Waals surface area contributed by atoms with Crippen molar-refractivity contribution in [1.82, 2.24) is 4.90 Å². The summed E-state index contributed by atoms with van der Waals surface area (Å²) in [6.07, 6.45) is 5.83. The lowest BCUT2D eigenvalue weighted by Gasteiger charge is -2.50. The lowest BCUT2D eigenvalue weighted by Crippen LogP contribution is -2.53. The molecule has 1 fully saturated rings. The second kappa shape index (κ2) is 9.11. The van der Waals surface area contributed by atoms with Crippen LogP contribution in [0.25, 0.3) is 0 Å². The van der Waals surface area contributed by atoms with E-state index in [2.05, 4.69) is 60.7 Å². The van der Waals surface area contributed by atoms with Gasteiger partial charge in [0, 0.05) is 40.8 Å². The summed E-state index contributed by atoms with van der Waals surface area (Å²) < 4.78 is 0. The van der Waals surface area contributed by atoms with Crippen LogP contribution in [0.2, 0.25) is 10.0 Å². The first-order valence-electron chi connectivity index (χ1n) is 9.81. The Morgan fingerprint density at radius 3 is 2.24 bits per heavy atom. The van der Waals surface area contributed by atoms with Crippen molar-refractivity contribution in [2.24, 2.45) is 5.41 Å². The summed E-state index contributed by atoms with van der Waals surface area (Å²) in [7, 11) is 0. The van der Waals surface area contributed by atoms with Gasteiger partial charge in [0.25, 0.3) is 0 Å². The lowest BCUT2D eigenvalue weighted by atomic mass is 9.78. The average molecular weight is 427 g/mol. The standard InChI is InChI=1S/C25H28Cl2N2/c1-5-13-25(14-6-2)17-28(16-21-9-10-22(26)15-24(21)27)20(4)29(18-25)23-11-7-19(3)8-12-23/h5-12,15H,1-2,4,13-14,16-18H2,3H3. The van der Waals surface area contributed by atoms with Crippen molar-refractivity contribution >= 4 is 28.9 Å². The van der Waals surface area contributed by atoms with Crippen LogP contribution in [0.5, 0.6) is 0 Å². The van der Waals surface area contributed by atoms with E-state index in [4.69, 9.17) is 23.2 Å². The first kappa shape index (κ1) is 21.5. The van der Waals surface area contributed by atoms with Crippen molar-refractivity contribution in [3.8, 4) is 0 Å². The van der Waals surface area contributed by atoms with E-state index in [9.17, 15) is 0 Å². The Balaban J connectivity index is 1.98. The van der Waals surface area contributed by atoms with Crippen LogP contribution in [-0.2, 0) is 6.54 Å². The summed E-state index contributed by atoms with van der Waals surface area (Å²) in [6, 6.07) is 14.3. The van der Waals surface area contributed by atoms with E-state index in [1.165, 1.54) is 5.56 Å². The number of hydrogen-bond acceptors (Lipinski definition) is 2. The molecule has 0 aliphatic carbocycles. The average Bonchev–Trinajstić information content (AvgIpc) is 2.68. The smallest absolute Gasteiger partial charge is 0.101 e. The van der Waals surface area contributed by atoms with Crippen molar-refractivity contribution in [2.45, 2.75) is 26.3 Å².